The minimum atomic E-state index is -0.841. The molecule has 20 heavy (non-hydrogen) atoms. The number of anilines is 1. The van der Waals surface area contributed by atoms with E-state index in [9.17, 15) is 19.3 Å². The Hall–Kier alpha value is -2.18. The molecule has 106 valence electrons. The number of halogens is 1. The molecule has 1 aromatic carbocycles. The van der Waals surface area contributed by atoms with E-state index in [0.717, 1.165) is 18.9 Å². The molecule has 7 heteroatoms. The zero-order valence-corrected chi connectivity index (χ0v) is 10.7. The van der Waals surface area contributed by atoms with Gasteiger partial charge in [-0.15, -0.1) is 0 Å². The maximum Gasteiger partial charge on any atom is 0.327 e. The van der Waals surface area contributed by atoms with E-state index >= 15 is 0 Å². The van der Waals surface area contributed by atoms with Crippen LogP contribution in [0.5, 0.6) is 0 Å². The van der Waals surface area contributed by atoms with Gasteiger partial charge in [-0.1, -0.05) is 6.07 Å². The number of hydrogen-bond donors (Lipinski definition) is 1. The van der Waals surface area contributed by atoms with Crippen LogP contribution < -0.4 is 10.2 Å². The van der Waals surface area contributed by atoms with E-state index in [1.807, 2.05) is 0 Å². The average Bonchev–Trinajstić information content (AvgIpc) is 2.80. The van der Waals surface area contributed by atoms with Crippen LogP contribution >= 0.6 is 0 Å². The topological polar surface area (TPSA) is 75.5 Å². The van der Waals surface area contributed by atoms with Crippen molar-refractivity contribution in [1.29, 1.82) is 0 Å². The Morgan fingerprint density at radius 2 is 2.25 bits per heavy atom. The molecule has 0 aromatic heterocycles. The Morgan fingerprint density at radius 3 is 3.00 bits per heavy atom. The molecule has 3 rings (SSSR count). The average molecular weight is 279 g/mol. The Bertz CT molecular complexity index is 578. The second-order valence-electron chi connectivity index (χ2n) is 5.12. The molecule has 1 N–H and O–H groups in total. The van der Waals surface area contributed by atoms with Crippen molar-refractivity contribution >= 4 is 17.3 Å². The van der Waals surface area contributed by atoms with Gasteiger partial charge in [0.05, 0.1) is 16.9 Å². The number of carbonyl (C=O) groups is 1. The first-order valence-electron chi connectivity index (χ1n) is 6.57. The zero-order chi connectivity index (χ0) is 14.3. The quantitative estimate of drug-likeness (QED) is 0.656. The monoisotopic (exact) mass is 279 g/mol. The number of para-hydroxylation sites is 1. The fraction of sp³-hybridized carbons (Fsp3) is 0.462. The highest BCUT2D eigenvalue weighted by Gasteiger charge is 2.42. The van der Waals surface area contributed by atoms with E-state index < -0.39 is 16.4 Å². The van der Waals surface area contributed by atoms with E-state index in [4.69, 9.17) is 0 Å². The third-order valence-electron chi connectivity index (χ3n) is 4.06. The number of nitro benzene ring substituents is 1. The SMILES string of the molecule is O=C1NCC2C1CCCN2c1cccc(F)c1[N+](=O)[O-]. The molecule has 1 amide bonds. The van der Waals surface area contributed by atoms with Crippen molar-refractivity contribution in [2.75, 3.05) is 18.0 Å². The van der Waals surface area contributed by atoms with E-state index in [-0.39, 0.29) is 23.6 Å². The van der Waals surface area contributed by atoms with Crippen molar-refractivity contribution in [3.05, 3.63) is 34.1 Å². The van der Waals surface area contributed by atoms with E-state index in [0.29, 0.717) is 13.1 Å². The van der Waals surface area contributed by atoms with Crippen molar-refractivity contribution in [1.82, 2.24) is 5.32 Å². The summed E-state index contributed by atoms with van der Waals surface area (Å²) < 4.78 is 13.7. The summed E-state index contributed by atoms with van der Waals surface area (Å²) >= 11 is 0. The minimum Gasteiger partial charge on any atom is -0.360 e. The Labute approximate surface area is 114 Å². The van der Waals surface area contributed by atoms with Gasteiger partial charge in [-0.2, -0.15) is 4.39 Å². The van der Waals surface area contributed by atoms with Crippen LogP contribution in [0.3, 0.4) is 0 Å². The fourth-order valence-electron chi connectivity index (χ4n) is 3.17. The lowest BCUT2D eigenvalue weighted by molar-refractivity contribution is -0.386. The summed E-state index contributed by atoms with van der Waals surface area (Å²) in [7, 11) is 0. The number of nitrogens with one attached hydrogen (secondary N) is 1. The van der Waals surface area contributed by atoms with Crippen molar-refractivity contribution in [2.45, 2.75) is 18.9 Å². The number of nitrogens with zero attached hydrogens (tertiary/aromatic N) is 2. The van der Waals surface area contributed by atoms with Gasteiger partial charge in [0.2, 0.25) is 11.7 Å². The number of rotatable bonds is 2. The molecule has 2 aliphatic rings. The third-order valence-corrected chi connectivity index (χ3v) is 4.06. The Kier molecular flexibility index (Phi) is 3.04. The van der Waals surface area contributed by atoms with E-state index in [2.05, 4.69) is 5.32 Å². The number of nitro groups is 1. The summed E-state index contributed by atoms with van der Waals surface area (Å²) in [4.78, 5) is 23.9. The number of piperidine rings is 1. The first kappa shape index (κ1) is 12.8. The molecule has 6 nitrogen and oxygen atoms in total. The predicted molar refractivity (Wildman–Crippen MR) is 69.9 cm³/mol. The maximum atomic E-state index is 13.7. The zero-order valence-electron chi connectivity index (χ0n) is 10.7. The summed E-state index contributed by atoms with van der Waals surface area (Å²) in [6.45, 7) is 1.05. The number of fused-ring (bicyclic) bond motifs is 1. The van der Waals surface area contributed by atoms with Gasteiger partial charge in [0.15, 0.2) is 0 Å². The summed E-state index contributed by atoms with van der Waals surface area (Å²) in [5, 5.41) is 13.9. The molecule has 1 aromatic rings. The molecule has 0 saturated carbocycles. The molecule has 2 unspecified atom stereocenters. The first-order chi connectivity index (χ1) is 9.59. The summed E-state index contributed by atoms with van der Waals surface area (Å²) in [5.41, 5.74) is -0.242. The summed E-state index contributed by atoms with van der Waals surface area (Å²) in [5.74, 6) is -1.02. The highest BCUT2D eigenvalue weighted by Crippen LogP contribution is 2.37. The molecular weight excluding hydrogens is 265 g/mol. The van der Waals surface area contributed by atoms with Crippen molar-refractivity contribution in [3.63, 3.8) is 0 Å². The standard InChI is InChI=1S/C13H14FN3O3/c14-9-4-1-5-10(12(9)17(19)20)16-6-2-3-8-11(16)7-15-13(8)18/h1,4-5,8,11H,2-3,6-7H2,(H,15,18). The molecule has 2 saturated heterocycles. The molecule has 0 radical (unpaired) electrons. The Balaban J connectivity index is 2.02. The second kappa shape index (κ2) is 4.73. The van der Waals surface area contributed by atoms with Gasteiger partial charge in [0, 0.05) is 13.1 Å². The maximum absolute atomic E-state index is 13.7. The molecule has 2 aliphatic heterocycles. The highest BCUT2D eigenvalue weighted by molar-refractivity contribution is 5.83. The lowest BCUT2D eigenvalue weighted by Crippen LogP contribution is -2.46. The van der Waals surface area contributed by atoms with Crippen LogP contribution in [0, 0.1) is 21.8 Å². The van der Waals surface area contributed by atoms with E-state index in [1.165, 1.54) is 6.07 Å². The van der Waals surface area contributed by atoms with Crippen LogP contribution in [0.1, 0.15) is 12.8 Å². The first-order valence-corrected chi connectivity index (χ1v) is 6.57. The van der Waals surface area contributed by atoms with Crippen molar-refractivity contribution < 1.29 is 14.1 Å². The number of benzene rings is 1. The lowest BCUT2D eigenvalue weighted by Gasteiger charge is -2.37. The van der Waals surface area contributed by atoms with Gasteiger partial charge in [-0.3, -0.25) is 14.9 Å². The number of hydrogen-bond acceptors (Lipinski definition) is 4. The van der Waals surface area contributed by atoms with Crippen LogP contribution in [0.15, 0.2) is 18.2 Å². The molecule has 2 heterocycles. The number of carbonyl (C=O) groups excluding carboxylic acids is 1. The molecule has 2 atom stereocenters. The second-order valence-corrected chi connectivity index (χ2v) is 5.12. The summed E-state index contributed by atoms with van der Waals surface area (Å²) in [6, 6.07) is 3.97. The minimum absolute atomic E-state index is 0.0150. The van der Waals surface area contributed by atoms with Crippen LogP contribution in [0.25, 0.3) is 0 Å². The number of amides is 1. The molecule has 2 fully saturated rings. The van der Waals surface area contributed by atoms with Gasteiger partial charge in [-0.25, -0.2) is 0 Å². The van der Waals surface area contributed by atoms with Crippen molar-refractivity contribution in [2.24, 2.45) is 5.92 Å². The van der Waals surface area contributed by atoms with Crippen LogP contribution in [0.4, 0.5) is 15.8 Å². The van der Waals surface area contributed by atoms with Gasteiger partial charge in [0.25, 0.3) is 0 Å². The molecule has 0 aliphatic carbocycles. The third kappa shape index (κ3) is 1.90. The van der Waals surface area contributed by atoms with Crippen LogP contribution in [-0.2, 0) is 4.79 Å². The van der Waals surface area contributed by atoms with Crippen molar-refractivity contribution in [3.8, 4) is 0 Å². The molecule has 0 spiro atoms. The van der Waals surface area contributed by atoms with Gasteiger partial charge >= 0.3 is 5.69 Å². The smallest absolute Gasteiger partial charge is 0.327 e. The summed E-state index contributed by atoms with van der Waals surface area (Å²) in [6.07, 6.45) is 1.54. The van der Waals surface area contributed by atoms with E-state index in [1.54, 1.807) is 11.0 Å². The van der Waals surface area contributed by atoms with Gasteiger partial charge in [0.1, 0.15) is 5.69 Å². The van der Waals surface area contributed by atoms with Gasteiger partial charge in [-0.05, 0) is 25.0 Å². The van der Waals surface area contributed by atoms with Crippen LogP contribution in [-0.4, -0.2) is 30.0 Å². The molecule has 0 bridgehead atoms. The predicted octanol–water partition coefficient (Wildman–Crippen LogP) is 1.45. The Morgan fingerprint density at radius 1 is 1.45 bits per heavy atom. The normalized spacial score (nSPS) is 25.2. The lowest BCUT2D eigenvalue weighted by atomic mass is 9.91. The highest BCUT2D eigenvalue weighted by atomic mass is 19.1. The van der Waals surface area contributed by atoms with Crippen LogP contribution in [0.2, 0.25) is 0 Å². The van der Waals surface area contributed by atoms with Gasteiger partial charge < -0.3 is 10.2 Å². The molecular formula is C13H14FN3O3. The fourth-order valence-corrected chi connectivity index (χ4v) is 3.17. The largest absolute Gasteiger partial charge is 0.360 e.